The molecule has 3 nitrogen and oxygen atoms in total. The lowest BCUT2D eigenvalue weighted by Crippen LogP contribution is -2.31. The Morgan fingerprint density at radius 1 is 1.12 bits per heavy atom. The average molecular weight is 333 g/mol. The number of rotatable bonds is 5. The van der Waals surface area contributed by atoms with E-state index in [1.807, 2.05) is 32.9 Å². The van der Waals surface area contributed by atoms with E-state index in [0.29, 0.717) is 5.75 Å². The number of carbonyl (C=O) groups is 1. The van der Waals surface area contributed by atoms with Crippen molar-refractivity contribution in [2.45, 2.75) is 33.7 Å². The zero-order chi connectivity index (χ0) is 17.9. The van der Waals surface area contributed by atoms with Gasteiger partial charge in [0, 0.05) is 11.6 Å². The smallest absolute Gasteiger partial charge is 0.258 e. The Labute approximate surface area is 140 Å². The zero-order valence-corrected chi connectivity index (χ0v) is 14.2. The fourth-order valence-electron chi connectivity index (χ4n) is 2.75. The molecule has 2 aromatic carbocycles. The van der Waals surface area contributed by atoms with Gasteiger partial charge in [-0.1, -0.05) is 23.8 Å². The van der Waals surface area contributed by atoms with Gasteiger partial charge in [0.05, 0.1) is 6.04 Å². The van der Waals surface area contributed by atoms with Crippen molar-refractivity contribution >= 4 is 5.91 Å². The molecule has 2 aromatic rings. The maximum Gasteiger partial charge on any atom is 0.258 e. The van der Waals surface area contributed by atoms with Gasteiger partial charge in [-0.3, -0.25) is 4.79 Å². The Morgan fingerprint density at radius 2 is 1.75 bits per heavy atom. The van der Waals surface area contributed by atoms with Crippen LogP contribution in [-0.2, 0) is 4.79 Å². The quantitative estimate of drug-likeness (QED) is 0.893. The van der Waals surface area contributed by atoms with Crippen molar-refractivity contribution in [2.24, 2.45) is 0 Å². The van der Waals surface area contributed by atoms with Gasteiger partial charge in [-0.05, 0) is 44.9 Å². The molecule has 0 bridgehead atoms. The van der Waals surface area contributed by atoms with Gasteiger partial charge in [0.2, 0.25) is 0 Å². The highest BCUT2D eigenvalue weighted by molar-refractivity contribution is 5.78. The highest BCUT2D eigenvalue weighted by Gasteiger charge is 2.15. The predicted octanol–water partition coefficient (Wildman–Crippen LogP) is 4.15. The van der Waals surface area contributed by atoms with E-state index >= 15 is 0 Å². The van der Waals surface area contributed by atoms with E-state index in [0.717, 1.165) is 28.8 Å². The molecule has 0 aromatic heterocycles. The van der Waals surface area contributed by atoms with E-state index in [1.165, 1.54) is 6.07 Å². The minimum Gasteiger partial charge on any atom is -0.483 e. The summed E-state index contributed by atoms with van der Waals surface area (Å²) in [5.74, 6) is -1.03. The molecule has 0 heterocycles. The molecular weight excluding hydrogens is 312 g/mol. The van der Waals surface area contributed by atoms with E-state index in [2.05, 4.69) is 5.32 Å². The summed E-state index contributed by atoms with van der Waals surface area (Å²) in [6.07, 6.45) is 0. The Hall–Kier alpha value is -2.43. The van der Waals surface area contributed by atoms with Crippen molar-refractivity contribution < 1.29 is 18.3 Å². The molecule has 1 N–H and O–H groups in total. The molecule has 24 heavy (non-hydrogen) atoms. The number of hydrogen-bond acceptors (Lipinski definition) is 2. The monoisotopic (exact) mass is 333 g/mol. The van der Waals surface area contributed by atoms with E-state index < -0.39 is 17.7 Å². The van der Waals surface area contributed by atoms with Crippen molar-refractivity contribution in [3.63, 3.8) is 0 Å². The minimum atomic E-state index is -0.686. The Kier molecular flexibility index (Phi) is 5.54. The number of hydrogen-bond donors (Lipinski definition) is 1. The van der Waals surface area contributed by atoms with Crippen LogP contribution in [0.2, 0.25) is 0 Å². The largest absolute Gasteiger partial charge is 0.483 e. The number of ether oxygens (including phenoxy) is 1. The third-order valence-electron chi connectivity index (χ3n) is 3.76. The molecule has 1 atom stereocenters. The first kappa shape index (κ1) is 17.9. The van der Waals surface area contributed by atoms with Crippen LogP contribution in [-0.4, -0.2) is 12.5 Å². The van der Waals surface area contributed by atoms with E-state index in [9.17, 15) is 13.6 Å². The summed E-state index contributed by atoms with van der Waals surface area (Å²) in [5, 5.41) is 2.65. The molecule has 0 radical (unpaired) electrons. The summed E-state index contributed by atoms with van der Waals surface area (Å²) in [6, 6.07) is 6.67. The molecule has 0 saturated heterocycles. The van der Waals surface area contributed by atoms with E-state index in [4.69, 9.17) is 4.74 Å². The standard InChI is InChI=1S/C19H21F2NO2/c1-11-7-12(2)19(13(3)8-11)24-10-18(23)22-14(4)16-6-5-15(20)9-17(16)21/h5-9,14H,10H2,1-4H3,(H,22,23)/t14-/m1/s1. The first-order valence-electron chi connectivity index (χ1n) is 7.73. The molecule has 0 saturated carbocycles. The van der Waals surface area contributed by atoms with Gasteiger partial charge in [0.25, 0.3) is 5.91 Å². The number of carbonyl (C=O) groups excluding carboxylic acids is 1. The fraction of sp³-hybridized carbons (Fsp3) is 0.316. The second kappa shape index (κ2) is 7.43. The summed E-state index contributed by atoms with van der Waals surface area (Å²) in [6.45, 7) is 7.30. The zero-order valence-electron chi connectivity index (χ0n) is 14.2. The lowest BCUT2D eigenvalue weighted by atomic mass is 10.1. The van der Waals surface area contributed by atoms with Crippen LogP contribution in [0, 0.1) is 32.4 Å². The normalized spacial score (nSPS) is 11.9. The fourth-order valence-corrected chi connectivity index (χ4v) is 2.75. The number of aryl methyl sites for hydroxylation is 3. The van der Waals surface area contributed by atoms with Crippen molar-refractivity contribution in [3.05, 3.63) is 64.2 Å². The molecule has 0 unspecified atom stereocenters. The van der Waals surface area contributed by atoms with Crippen LogP contribution >= 0.6 is 0 Å². The van der Waals surface area contributed by atoms with Crippen LogP contribution < -0.4 is 10.1 Å². The summed E-state index contributed by atoms with van der Waals surface area (Å²) >= 11 is 0. The van der Waals surface area contributed by atoms with Crippen LogP contribution in [0.15, 0.2) is 30.3 Å². The number of nitrogens with one attached hydrogen (secondary N) is 1. The van der Waals surface area contributed by atoms with Crippen LogP contribution in [0.25, 0.3) is 0 Å². The Bertz CT molecular complexity index is 736. The van der Waals surface area contributed by atoms with Crippen LogP contribution in [0.5, 0.6) is 5.75 Å². The number of benzene rings is 2. The summed E-state index contributed by atoms with van der Waals surface area (Å²) in [7, 11) is 0. The molecule has 1 amide bonds. The topological polar surface area (TPSA) is 38.3 Å². The minimum absolute atomic E-state index is 0.169. The molecule has 0 aliphatic carbocycles. The number of amides is 1. The molecule has 0 aliphatic rings. The molecule has 0 aliphatic heterocycles. The average Bonchev–Trinajstić information content (AvgIpc) is 2.45. The van der Waals surface area contributed by atoms with E-state index in [-0.39, 0.29) is 18.1 Å². The van der Waals surface area contributed by atoms with Crippen molar-refractivity contribution in [2.75, 3.05) is 6.61 Å². The Morgan fingerprint density at radius 3 is 2.33 bits per heavy atom. The van der Waals surface area contributed by atoms with Gasteiger partial charge in [0.15, 0.2) is 6.61 Å². The van der Waals surface area contributed by atoms with Gasteiger partial charge in [-0.15, -0.1) is 0 Å². The number of halogens is 2. The maximum absolute atomic E-state index is 13.7. The first-order chi connectivity index (χ1) is 11.3. The van der Waals surface area contributed by atoms with Crippen molar-refractivity contribution in [3.8, 4) is 5.75 Å². The van der Waals surface area contributed by atoms with Crippen LogP contribution in [0.3, 0.4) is 0 Å². The van der Waals surface area contributed by atoms with Crippen LogP contribution in [0.1, 0.15) is 35.2 Å². The molecule has 128 valence electrons. The molecular formula is C19H21F2NO2. The van der Waals surface area contributed by atoms with Gasteiger partial charge in [-0.25, -0.2) is 8.78 Å². The molecule has 5 heteroatoms. The first-order valence-corrected chi connectivity index (χ1v) is 7.73. The van der Waals surface area contributed by atoms with Crippen molar-refractivity contribution in [1.29, 1.82) is 0 Å². The Balaban J connectivity index is 1.98. The van der Waals surface area contributed by atoms with Gasteiger partial charge >= 0.3 is 0 Å². The van der Waals surface area contributed by atoms with E-state index in [1.54, 1.807) is 6.92 Å². The highest BCUT2D eigenvalue weighted by atomic mass is 19.1. The molecule has 2 rings (SSSR count). The molecule has 0 fully saturated rings. The van der Waals surface area contributed by atoms with Gasteiger partial charge in [0.1, 0.15) is 17.4 Å². The summed E-state index contributed by atoms with van der Waals surface area (Å²) < 4.78 is 32.3. The van der Waals surface area contributed by atoms with Gasteiger partial charge < -0.3 is 10.1 Å². The lowest BCUT2D eigenvalue weighted by molar-refractivity contribution is -0.123. The van der Waals surface area contributed by atoms with Crippen LogP contribution in [0.4, 0.5) is 8.78 Å². The second-order valence-corrected chi connectivity index (χ2v) is 5.97. The summed E-state index contributed by atoms with van der Waals surface area (Å²) in [5.41, 5.74) is 3.27. The van der Waals surface area contributed by atoms with Crippen molar-refractivity contribution in [1.82, 2.24) is 5.32 Å². The van der Waals surface area contributed by atoms with Gasteiger partial charge in [-0.2, -0.15) is 0 Å². The summed E-state index contributed by atoms with van der Waals surface area (Å²) in [4.78, 5) is 12.0. The third kappa shape index (κ3) is 4.31. The second-order valence-electron chi connectivity index (χ2n) is 5.97. The SMILES string of the molecule is Cc1cc(C)c(OCC(=O)N[C@H](C)c2ccc(F)cc2F)c(C)c1. The lowest BCUT2D eigenvalue weighted by Gasteiger charge is -2.17. The highest BCUT2D eigenvalue weighted by Crippen LogP contribution is 2.24. The third-order valence-corrected chi connectivity index (χ3v) is 3.76. The predicted molar refractivity (Wildman–Crippen MR) is 89.1 cm³/mol. The molecule has 0 spiro atoms. The maximum atomic E-state index is 13.7.